The summed E-state index contributed by atoms with van der Waals surface area (Å²) in [5.41, 5.74) is 2.18. The van der Waals surface area contributed by atoms with Gasteiger partial charge in [0.05, 0.1) is 33.2 Å². The minimum atomic E-state index is -3.71. The van der Waals surface area contributed by atoms with Gasteiger partial charge < -0.3 is 14.2 Å². The third kappa shape index (κ3) is 5.20. The number of anilines is 1. The molecule has 4 aliphatic rings. The van der Waals surface area contributed by atoms with Gasteiger partial charge in [0.2, 0.25) is 10.0 Å². The van der Waals surface area contributed by atoms with Gasteiger partial charge in [-0.25, -0.2) is 17.5 Å². The average Bonchev–Trinajstić information content (AvgIpc) is 3.89. The SMILES string of the molecule is O=C(NS(=O)(=O)C1CC1)c1ccc(N2CCC3(OCc4c(-c5c(Cl)cccc5Cl)noc4C4CC4)CC[C@H]2C3)c(F)c1. The Morgan fingerprint density at radius 1 is 1.12 bits per heavy atom. The highest BCUT2D eigenvalue weighted by Gasteiger charge is 2.47. The number of rotatable bonds is 9. The van der Waals surface area contributed by atoms with Crippen LogP contribution in [0.3, 0.4) is 0 Å². The number of sulfonamides is 1. The van der Waals surface area contributed by atoms with Gasteiger partial charge in [-0.2, -0.15) is 0 Å². The monoisotopic (exact) mass is 633 g/mol. The van der Waals surface area contributed by atoms with Crippen LogP contribution in [-0.2, 0) is 21.4 Å². The number of nitrogens with zero attached hydrogens (tertiary/aromatic N) is 2. The maximum absolute atomic E-state index is 15.3. The van der Waals surface area contributed by atoms with Crippen molar-refractivity contribution in [2.45, 2.75) is 80.8 Å². The second-order valence-corrected chi connectivity index (χ2v) is 14.7. The van der Waals surface area contributed by atoms with E-state index in [0.29, 0.717) is 65.3 Å². The van der Waals surface area contributed by atoms with Crippen molar-refractivity contribution in [3.05, 3.63) is 69.1 Å². The lowest BCUT2D eigenvalue weighted by atomic mass is 9.92. The lowest BCUT2D eigenvalue weighted by molar-refractivity contribution is -0.0624. The summed E-state index contributed by atoms with van der Waals surface area (Å²) in [6, 6.07) is 9.60. The number of amides is 1. The number of ether oxygens (including phenoxy) is 1. The van der Waals surface area contributed by atoms with E-state index >= 15 is 4.39 Å². The number of benzene rings is 2. The highest BCUT2D eigenvalue weighted by Crippen LogP contribution is 2.49. The van der Waals surface area contributed by atoms with Gasteiger partial charge in [-0.3, -0.25) is 4.79 Å². The number of piperidine rings is 1. The molecule has 1 unspecified atom stereocenters. The maximum atomic E-state index is 15.3. The molecule has 42 heavy (non-hydrogen) atoms. The number of aromatic nitrogens is 1. The van der Waals surface area contributed by atoms with Crippen LogP contribution < -0.4 is 9.62 Å². The van der Waals surface area contributed by atoms with E-state index in [1.807, 2.05) is 4.90 Å². The Balaban J connectivity index is 1.06. The molecular formula is C30H30Cl2FN3O5S. The minimum Gasteiger partial charge on any atom is -0.370 e. The zero-order valence-corrected chi connectivity index (χ0v) is 25.1. The summed E-state index contributed by atoms with van der Waals surface area (Å²) in [6.07, 6.45) is 6.28. The van der Waals surface area contributed by atoms with E-state index in [0.717, 1.165) is 49.5 Å². The number of carbonyl (C=O) groups is 1. The number of fused-ring (bicyclic) bond motifs is 2. The van der Waals surface area contributed by atoms with Crippen molar-refractivity contribution in [1.82, 2.24) is 9.88 Å². The lowest BCUT2D eigenvalue weighted by Gasteiger charge is -2.41. The summed E-state index contributed by atoms with van der Waals surface area (Å²) >= 11 is 13.0. The number of carbonyl (C=O) groups excluding carboxylic acids is 1. The summed E-state index contributed by atoms with van der Waals surface area (Å²) in [7, 11) is -3.71. The molecule has 3 aliphatic carbocycles. The molecule has 1 saturated heterocycles. The molecule has 1 N–H and O–H groups in total. The van der Waals surface area contributed by atoms with Gasteiger partial charge in [0.15, 0.2) is 0 Å². The third-order valence-corrected chi connectivity index (χ3v) is 11.4. The first-order chi connectivity index (χ1) is 20.1. The molecule has 2 bridgehead atoms. The van der Waals surface area contributed by atoms with Crippen molar-refractivity contribution in [1.29, 1.82) is 0 Å². The second kappa shape index (κ2) is 10.5. The van der Waals surface area contributed by atoms with Crippen LogP contribution in [0.2, 0.25) is 10.0 Å². The number of nitrogens with one attached hydrogen (secondary N) is 1. The van der Waals surface area contributed by atoms with Crippen LogP contribution in [0.1, 0.15) is 79.0 Å². The van der Waals surface area contributed by atoms with Crippen molar-refractivity contribution in [3.8, 4) is 11.3 Å². The molecule has 2 aromatic carbocycles. The predicted molar refractivity (Wildman–Crippen MR) is 157 cm³/mol. The van der Waals surface area contributed by atoms with E-state index in [-0.39, 0.29) is 17.2 Å². The maximum Gasteiger partial charge on any atom is 0.264 e. The molecule has 0 radical (unpaired) electrons. The van der Waals surface area contributed by atoms with Crippen molar-refractivity contribution in [3.63, 3.8) is 0 Å². The van der Waals surface area contributed by atoms with Crippen LogP contribution in [0.5, 0.6) is 0 Å². The van der Waals surface area contributed by atoms with Crippen LogP contribution >= 0.6 is 23.2 Å². The molecule has 1 amide bonds. The van der Waals surface area contributed by atoms with Crippen LogP contribution in [0.15, 0.2) is 40.9 Å². The van der Waals surface area contributed by atoms with E-state index in [1.54, 1.807) is 24.3 Å². The van der Waals surface area contributed by atoms with E-state index < -0.39 is 27.0 Å². The quantitative estimate of drug-likeness (QED) is 0.283. The van der Waals surface area contributed by atoms with Gasteiger partial charge in [0.1, 0.15) is 17.3 Å². The fourth-order valence-corrected chi connectivity index (χ4v) is 8.26. The van der Waals surface area contributed by atoms with Crippen LogP contribution in [-0.4, -0.2) is 42.9 Å². The highest BCUT2D eigenvalue weighted by molar-refractivity contribution is 7.91. The smallest absolute Gasteiger partial charge is 0.264 e. The molecule has 1 aromatic heterocycles. The molecule has 8 nitrogen and oxygen atoms in total. The summed E-state index contributed by atoms with van der Waals surface area (Å²) in [6.45, 7) is 0.909. The summed E-state index contributed by atoms with van der Waals surface area (Å²) in [5.74, 6) is -0.202. The molecule has 2 atom stereocenters. The molecule has 0 spiro atoms. The predicted octanol–water partition coefficient (Wildman–Crippen LogP) is 6.61. The number of hydrogen-bond acceptors (Lipinski definition) is 7. The highest BCUT2D eigenvalue weighted by atomic mass is 35.5. The van der Waals surface area contributed by atoms with Gasteiger partial charge >= 0.3 is 0 Å². The van der Waals surface area contributed by atoms with E-state index in [4.69, 9.17) is 32.5 Å². The molecule has 7 rings (SSSR count). The Labute approximate surface area is 253 Å². The third-order valence-electron chi connectivity index (χ3n) is 9.00. The Hall–Kier alpha value is -2.66. The van der Waals surface area contributed by atoms with Crippen molar-refractivity contribution in [2.75, 3.05) is 11.4 Å². The van der Waals surface area contributed by atoms with Gasteiger partial charge in [-0.05, 0) is 81.7 Å². The summed E-state index contributed by atoms with van der Waals surface area (Å²) in [4.78, 5) is 14.5. The number of hydrogen-bond donors (Lipinski definition) is 1. The summed E-state index contributed by atoms with van der Waals surface area (Å²) < 4.78 is 54.1. The van der Waals surface area contributed by atoms with Crippen molar-refractivity contribution >= 4 is 44.8 Å². The molecule has 1 aliphatic heterocycles. The number of halogens is 3. The Kier molecular flexibility index (Phi) is 7.03. The molecule has 3 saturated carbocycles. The first-order valence-electron chi connectivity index (χ1n) is 14.3. The fourth-order valence-electron chi connectivity index (χ4n) is 6.39. The second-order valence-electron chi connectivity index (χ2n) is 11.9. The zero-order valence-electron chi connectivity index (χ0n) is 22.7. The van der Waals surface area contributed by atoms with Crippen LogP contribution in [0, 0.1) is 5.82 Å². The Bertz CT molecular complexity index is 1650. The normalized spacial score (nSPS) is 23.8. The molecule has 4 fully saturated rings. The molecule has 2 heterocycles. The van der Waals surface area contributed by atoms with Gasteiger partial charge in [-0.1, -0.05) is 34.4 Å². The van der Waals surface area contributed by atoms with Gasteiger partial charge in [0.25, 0.3) is 5.91 Å². The van der Waals surface area contributed by atoms with Crippen LogP contribution in [0.25, 0.3) is 11.3 Å². The molecular weight excluding hydrogens is 604 g/mol. The first kappa shape index (κ1) is 28.1. The van der Waals surface area contributed by atoms with Crippen LogP contribution in [0.4, 0.5) is 10.1 Å². The fraction of sp³-hybridized carbons (Fsp3) is 0.467. The van der Waals surface area contributed by atoms with Crippen molar-refractivity contribution in [2.24, 2.45) is 0 Å². The standard InChI is InChI=1S/C30H30Cl2FN3O5S/c31-22-2-1-3-23(32)26(22)27-21(28(41-34-27)17-4-5-17)16-40-30-11-10-19(15-30)36(13-12-30)25-9-6-18(14-24(25)33)29(37)35-42(38,39)20-7-8-20/h1-3,6,9,14,17,19-20H,4-5,7-8,10-13,15-16H2,(H,35,37)/t19-,30?/m0/s1. The average molecular weight is 635 g/mol. The molecule has 222 valence electrons. The Morgan fingerprint density at radius 3 is 2.57 bits per heavy atom. The van der Waals surface area contributed by atoms with E-state index in [2.05, 4.69) is 9.88 Å². The topological polar surface area (TPSA) is 102 Å². The van der Waals surface area contributed by atoms with E-state index in [1.165, 1.54) is 6.07 Å². The van der Waals surface area contributed by atoms with Crippen molar-refractivity contribution < 1.29 is 26.9 Å². The lowest BCUT2D eigenvalue weighted by Crippen LogP contribution is -2.46. The van der Waals surface area contributed by atoms with E-state index in [9.17, 15) is 13.2 Å². The first-order valence-corrected chi connectivity index (χ1v) is 16.6. The van der Waals surface area contributed by atoms with Gasteiger partial charge in [0, 0.05) is 35.2 Å². The molecule has 12 heteroatoms. The van der Waals surface area contributed by atoms with Gasteiger partial charge in [-0.15, -0.1) is 0 Å². The largest absolute Gasteiger partial charge is 0.370 e. The minimum absolute atomic E-state index is 0.0174. The Morgan fingerprint density at radius 2 is 1.88 bits per heavy atom. The zero-order chi connectivity index (χ0) is 29.2. The molecule has 3 aromatic rings. The summed E-state index contributed by atoms with van der Waals surface area (Å²) in [5, 5.41) is 4.84.